The van der Waals surface area contributed by atoms with Gasteiger partial charge in [-0.2, -0.15) is 18.3 Å². The van der Waals surface area contributed by atoms with Crippen LogP contribution in [0.2, 0.25) is 0 Å². The van der Waals surface area contributed by atoms with Crippen molar-refractivity contribution in [1.29, 1.82) is 0 Å². The van der Waals surface area contributed by atoms with Crippen LogP contribution in [0.3, 0.4) is 0 Å². The van der Waals surface area contributed by atoms with E-state index >= 15 is 0 Å². The molecule has 6 nitrogen and oxygen atoms in total. The molecule has 1 aliphatic rings. The van der Waals surface area contributed by atoms with Crippen LogP contribution in [-0.4, -0.2) is 25.7 Å². The fourth-order valence-electron chi connectivity index (χ4n) is 3.27. The van der Waals surface area contributed by atoms with E-state index in [1.165, 1.54) is 10.7 Å². The molecule has 0 saturated carbocycles. The number of alkyl halides is 3. The van der Waals surface area contributed by atoms with Gasteiger partial charge in [0.15, 0.2) is 0 Å². The molecule has 0 fully saturated rings. The third-order valence-corrected chi connectivity index (χ3v) is 4.61. The summed E-state index contributed by atoms with van der Waals surface area (Å²) in [6.07, 6.45) is 2.05. The molecule has 0 unspecified atom stereocenters. The van der Waals surface area contributed by atoms with Gasteiger partial charge in [-0.25, -0.2) is 4.68 Å². The zero-order valence-electron chi connectivity index (χ0n) is 14.6. The molecule has 1 N–H and O–H groups in total. The number of carbonyl (C=O) groups is 1. The standard InChI is InChI=1S/C19H16F3N5O/c20-19(21,22)17-10-12(7-9-24-17)27-11-13-14(5-3-6-15(13)26-27)25-18(28)16-4-1-2-8-23-16/h1-2,4,7-11,14H,3,5-6H2,(H,25,28)/t14-/m0/s1. The van der Waals surface area contributed by atoms with Crippen LogP contribution in [-0.2, 0) is 12.6 Å². The molecule has 3 aromatic heterocycles. The fraction of sp³-hybridized carbons (Fsp3) is 0.263. The Hall–Kier alpha value is -3.23. The highest BCUT2D eigenvalue weighted by Crippen LogP contribution is 2.31. The van der Waals surface area contributed by atoms with Crippen LogP contribution in [0, 0.1) is 0 Å². The van der Waals surface area contributed by atoms with Gasteiger partial charge >= 0.3 is 6.18 Å². The van der Waals surface area contributed by atoms with E-state index in [4.69, 9.17) is 0 Å². The molecule has 0 bridgehead atoms. The number of amides is 1. The summed E-state index contributed by atoms with van der Waals surface area (Å²) in [6, 6.07) is 7.24. The van der Waals surface area contributed by atoms with E-state index in [2.05, 4.69) is 20.4 Å². The normalized spacial score (nSPS) is 16.5. The predicted octanol–water partition coefficient (Wildman–Crippen LogP) is 3.49. The second kappa shape index (κ2) is 7.06. The van der Waals surface area contributed by atoms with Crippen molar-refractivity contribution in [2.24, 2.45) is 0 Å². The van der Waals surface area contributed by atoms with Crippen LogP contribution in [0.1, 0.15) is 46.3 Å². The van der Waals surface area contributed by atoms with E-state index in [-0.39, 0.29) is 17.6 Å². The lowest BCUT2D eigenvalue weighted by Gasteiger charge is -2.22. The largest absolute Gasteiger partial charge is 0.433 e. The van der Waals surface area contributed by atoms with Gasteiger partial charge in [0, 0.05) is 24.2 Å². The van der Waals surface area contributed by atoms with Crippen LogP contribution in [0.4, 0.5) is 13.2 Å². The molecule has 0 saturated heterocycles. The first-order chi connectivity index (χ1) is 13.4. The van der Waals surface area contributed by atoms with E-state index in [0.29, 0.717) is 12.1 Å². The van der Waals surface area contributed by atoms with Gasteiger partial charge in [-0.3, -0.25) is 14.8 Å². The minimum absolute atomic E-state index is 0.268. The van der Waals surface area contributed by atoms with Crippen molar-refractivity contribution in [3.63, 3.8) is 0 Å². The highest BCUT2D eigenvalue weighted by atomic mass is 19.4. The smallest absolute Gasteiger partial charge is 0.344 e. The minimum atomic E-state index is -4.53. The van der Waals surface area contributed by atoms with Crippen LogP contribution in [0.15, 0.2) is 48.9 Å². The Morgan fingerprint density at radius 2 is 2.04 bits per heavy atom. The van der Waals surface area contributed by atoms with Crippen LogP contribution in [0.25, 0.3) is 5.69 Å². The number of hydrogen-bond acceptors (Lipinski definition) is 4. The van der Waals surface area contributed by atoms with Crippen molar-refractivity contribution in [3.05, 3.63) is 71.6 Å². The van der Waals surface area contributed by atoms with Crippen molar-refractivity contribution >= 4 is 5.91 Å². The molecule has 28 heavy (non-hydrogen) atoms. The number of aryl methyl sites for hydroxylation is 1. The van der Waals surface area contributed by atoms with Gasteiger partial charge in [0.1, 0.15) is 11.4 Å². The van der Waals surface area contributed by atoms with Gasteiger partial charge in [0.25, 0.3) is 5.91 Å². The van der Waals surface area contributed by atoms with Gasteiger partial charge in [0.2, 0.25) is 0 Å². The summed E-state index contributed by atoms with van der Waals surface area (Å²) in [5, 5.41) is 7.37. The molecule has 144 valence electrons. The first-order valence-electron chi connectivity index (χ1n) is 8.76. The van der Waals surface area contributed by atoms with Crippen molar-refractivity contribution in [3.8, 4) is 5.69 Å². The van der Waals surface area contributed by atoms with E-state index < -0.39 is 11.9 Å². The van der Waals surface area contributed by atoms with E-state index in [9.17, 15) is 18.0 Å². The number of pyridine rings is 2. The maximum absolute atomic E-state index is 12.9. The summed E-state index contributed by atoms with van der Waals surface area (Å²) in [4.78, 5) is 19.8. The Morgan fingerprint density at radius 1 is 1.18 bits per heavy atom. The monoisotopic (exact) mass is 387 g/mol. The van der Waals surface area contributed by atoms with E-state index in [1.54, 1.807) is 30.6 Å². The van der Waals surface area contributed by atoms with Gasteiger partial charge in [0.05, 0.1) is 17.4 Å². The minimum Gasteiger partial charge on any atom is -0.344 e. The maximum Gasteiger partial charge on any atom is 0.433 e. The second-order valence-corrected chi connectivity index (χ2v) is 6.51. The maximum atomic E-state index is 12.9. The topological polar surface area (TPSA) is 72.7 Å². The number of fused-ring (bicyclic) bond motifs is 1. The van der Waals surface area contributed by atoms with Crippen LogP contribution >= 0.6 is 0 Å². The second-order valence-electron chi connectivity index (χ2n) is 6.51. The van der Waals surface area contributed by atoms with Crippen molar-refractivity contribution < 1.29 is 18.0 Å². The summed E-state index contributed by atoms with van der Waals surface area (Å²) < 4.78 is 40.2. The quantitative estimate of drug-likeness (QED) is 0.747. The summed E-state index contributed by atoms with van der Waals surface area (Å²) in [5.41, 5.74) is 1.18. The molecule has 0 aliphatic heterocycles. The molecule has 3 aromatic rings. The number of hydrogen-bond donors (Lipinski definition) is 1. The highest BCUT2D eigenvalue weighted by Gasteiger charge is 2.33. The van der Waals surface area contributed by atoms with Crippen LogP contribution < -0.4 is 5.32 Å². The molecule has 4 rings (SSSR count). The number of carbonyl (C=O) groups excluding carboxylic acids is 1. The molecule has 0 radical (unpaired) electrons. The molecule has 1 amide bonds. The summed E-state index contributed by atoms with van der Waals surface area (Å²) in [7, 11) is 0. The summed E-state index contributed by atoms with van der Waals surface area (Å²) >= 11 is 0. The highest BCUT2D eigenvalue weighted by molar-refractivity contribution is 5.92. The third-order valence-electron chi connectivity index (χ3n) is 4.61. The predicted molar refractivity (Wildman–Crippen MR) is 93.7 cm³/mol. The number of nitrogens with zero attached hydrogens (tertiary/aromatic N) is 4. The van der Waals surface area contributed by atoms with Crippen molar-refractivity contribution in [1.82, 2.24) is 25.1 Å². The average molecular weight is 387 g/mol. The molecule has 0 aromatic carbocycles. The fourth-order valence-corrected chi connectivity index (χ4v) is 3.27. The third kappa shape index (κ3) is 3.60. The number of nitrogens with one attached hydrogen (secondary N) is 1. The molecular weight excluding hydrogens is 371 g/mol. The molecule has 1 atom stereocenters. The Morgan fingerprint density at radius 3 is 2.79 bits per heavy atom. The summed E-state index contributed by atoms with van der Waals surface area (Å²) in [6.45, 7) is 0. The van der Waals surface area contributed by atoms with Gasteiger partial charge in [-0.05, 0) is 43.5 Å². The van der Waals surface area contributed by atoms with E-state index in [1.807, 2.05) is 0 Å². The number of rotatable bonds is 3. The lowest BCUT2D eigenvalue weighted by molar-refractivity contribution is -0.141. The molecule has 1 aliphatic carbocycles. The lowest BCUT2D eigenvalue weighted by atomic mass is 9.93. The Balaban J connectivity index is 1.61. The number of halogens is 3. The molecule has 3 heterocycles. The zero-order chi connectivity index (χ0) is 19.7. The van der Waals surface area contributed by atoms with Crippen molar-refractivity contribution in [2.45, 2.75) is 31.5 Å². The lowest BCUT2D eigenvalue weighted by Crippen LogP contribution is -2.31. The Bertz CT molecular complexity index is 1000. The first kappa shape index (κ1) is 18.1. The molecular formula is C19H16F3N5O. The Kier molecular flexibility index (Phi) is 4.58. The average Bonchev–Trinajstić information content (AvgIpc) is 3.13. The molecule has 0 spiro atoms. The molecule has 9 heteroatoms. The van der Waals surface area contributed by atoms with Crippen LogP contribution in [0.5, 0.6) is 0 Å². The summed E-state index contributed by atoms with van der Waals surface area (Å²) in [5.74, 6) is -0.297. The van der Waals surface area contributed by atoms with Gasteiger partial charge in [-0.15, -0.1) is 0 Å². The Labute approximate surface area is 158 Å². The van der Waals surface area contributed by atoms with Gasteiger partial charge < -0.3 is 5.32 Å². The van der Waals surface area contributed by atoms with Crippen molar-refractivity contribution in [2.75, 3.05) is 0 Å². The SMILES string of the molecule is O=C(N[C@H]1CCCc2nn(-c3ccnc(C(F)(F)F)c3)cc21)c1ccccn1. The first-order valence-corrected chi connectivity index (χ1v) is 8.76. The zero-order valence-corrected chi connectivity index (χ0v) is 14.6. The van der Waals surface area contributed by atoms with Gasteiger partial charge in [-0.1, -0.05) is 6.07 Å². The van der Waals surface area contributed by atoms with E-state index in [0.717, 1.165) is 36.4 Å². The number of aromatic nitrogens is 4.